The molecule has 0 amide bonds. The Balaban J connectivity index is 2.12. The number of nitrogens with two attached hydrogens (primary N) is 1. The van der Waals surface area contributed by atoms with Crippen LogP contribution in [0.25, 0.3) is 0 Å². The first-order valence-corrected chi connectivity index (χ1v) is 10.2. The third kappa shape index (κ3) is 3.04. The van der Waals surface area contributed by atoms with E-state index in [1.165, 1.54) is 12.1 Å². The molecule has 0 heterocycles. The van der Waals surface area contributed by atoms with Crippen molar-refractivity contribution in [2.75, 3.05) is 13.2 Å². The number of hydrogen-bond donors (Lipinski definition) is 1. The molecule has 1 aliphatic carbocycles. The lowest BCUT2D eigenvalue weighted by atomic mass is 10.00. The van der Waals surface area contributed by atoms with Gasteiger partial charge in [0.1, 0.15) is 5.82 Å². The van der Waals surface area contributed by atoms with Gasteiger partial charge in [0.05, 0.1) is 27.2 Å². The fourth-order valence-electron chi connectivity index (χ4n) is 3.60. The van der Waals surface area contributed by atoms with Crippen molar-refractivity contribution in [3.63, 3.8) is 0 Å². The van der Waals surface area contributed by atoms with E-state index in [1.54, 1.807) is 42.5 Å². The Morgan fingerprint density at radius 2 is 1.92 bits per heavy atom. The molecule has 26 heavy (non-hydrogen) atoms. The fourth-order valence-corrected chi connectivity index (χ4v) is 6.39. The van der Waals surface area contributed by atoms with E-state index < -0.39 is 32.2 Å². The number of thiocarbonyl (C=S) groups is 1. The molecule has 0 bridgehead atoms. The fraction of sp³-hybridized carbons (Fsp3) is 0.316. The van der Waals surface area contributed by atoms with Crippen molar-refractivity contribution in [1.29, 1.82) is 0 Å². The van der Waals surface area contributed by atoms with E-state index in [-0.39, 0.29) is 16.5 Å². The molecule has 2 aromatic carbocycles. The van der Waals surface area contributed by atoms with Crippen LogP contribution in [0.4, 0.5) is 4.39 Å². The van der Waals surface area contributed by atoms with E-state index in [1.807, 2.05) is 6.92 Å². The van der Waals surface area contributed by atoms with Crippen molar-refractivity contribution in [2.45, 2.75) is 23.0 Å². The van der Waals surface area contributed by atoms with Crippen molar-refractivity contribution in [2.24, 2.45) is 11.1 Å². The average Bonchev–Trinajstić information content (AvgIpc) is 3.32. The van der Waals surface area contributed by atoms with Crippen LogP contribution in [0, 0.1) is 11.2 Å². The van der Waals surface area contributed by atoms with Crippen LogP contribution in [0.15, 0.2) is 59.5 Å². The molecule has 0 aromatic heterocycles. The average molecular weight is 394 g/mol. The molecule has 0 unspecified atom stereocenters. The molecular formula is C19H20FNO3S2. The Bertz CT molecular complexity index is 917. The summed E-state index contributed by atoms with van der Waals surface area (Å²) in [4.78, 5) is 0.269. The highest BCUT2D eigenvalue weighted by Crippen LogP contribution is 2.64. The van der Waals surface area contributed by atoms with E-state index >= 15 is 0 Å². The molecule has 1 saturated carbocycles. The zero-order valence-corrected chi connectivity index (χ0v) is 15.9. The summed E-state index contributed by atoms with van der Waals surface area (Å²) in [5.74, 6) is -0.981. The molecule has 0 aliphatic heterocycles. The topological polar surface area (TPSA) is 69.4 Å². The second kappa shape index (κ2) is 7.06. The van der Waals surface area contributed by atoms with Gasteiger partial charge in [-0.1, -0.05) is 42.5 Å². The molecule has 3 atom stereocenters. The Kier molecular flexibility index (Phi) is 5.14. The minimum absolute atomic E-state index is 0.0738. The van der Waals surface area contributed by atoms with Gasteiger partial charge in [-0.05, 0) is 36.8 Å². The van der Waals surface area contributed by atoms with E-state index in [4.69, 9.17) is 22.7 Å². The molecule has 2 N–H and O–H groups in total. The van der Waals surface area contributed by atoms with Gasteiger partial charge in [0.25, 0.3) is 0 Å². The SMILES string of the molecule is CCOC[C@@]1(C(N)=S)[C@@H](c2cccc(F)c2)[C@@H]1S(=O)(=O)c1ccccc1. The van der Waals surface area contributed by atoms with Crippen LogP contribution < -0.4 is 5.73 Å². The maximum absolute atomic E-state index is 13.8. The van der Waals surface area contributed by atoms with Crippen LogP contribution in [-0.2, 0) is 14.6 Å². The van der Waals surface area contributed by atoms with Gasteiger partial charge in [0.15, 0.2) is 9.84 Å². The van der Waals surface area contributed by atoms with Gasteiger partial charge in [-0.15, -0.1) is 0 Å². The van der Waals surface area contributed by atoms with Crippen molar-refractivity contribution in [3.8, 4) is 0 Å². The van der Waals surface area contributed by atoms with Crippen LogP contribution in [0.5, 0.6) is 0 Å². The van der Waals surface area contributed by atoms with Crippen molar-refractivity contribution >= 4 is 27.0 Å². The van der Waals surface area contributed by atoms with Gasteiger partial charge in [-0.3, -0.25) is 0 Å². The number of benzene rings is 2. The van der Waals surface area contributed by atoms with Crippen LogP contribution in [-0.4, -0.2) is 31.9 Å². The first-order chi connectivity index (χ1) is 12.4. The summed E-state index contributed by atoms with van der Waals surface area (Å²) in [5.41, 5.74) is 5.51. The van der Waals surface area contributed by atoms with Gasteiger partial charge in [0, 0.05) is 12.5 Å². The maximum atomic E-state index is 13.8. The maximum Gasteiger partial charge on any atom is 0.182 e. The lowest BCUT2D eigenvalue weighted by Crippen LogP contribution is -2.33. The highest BCUT2D eigenvalue weighted by atomic mass is 32.2. The highest BCUT2D eigenvalue weighted by molar-refractivity contribution is 7.92. The lowest BCUT2D eigenvalue weighted by molar-refractivity contribution is 0.121. The van der Waals surface area contributed by atoms with E-state index in [0.29, 0.717) is 12.2 Å². The normalized spacial score (nSPS) is 25.0. The molecule has 7 heteroatoms. The number of hydrogen-bond acceptors (Lipinski definition) is 4. The van der Waals surface area contributed by atoms with Crippen molar-refractivity contribution < 1.29 is 17.5 Å². The van der Waals surface area contributed by atoms with Gasteiger partial charge in [0.2, 0.25) is 0 Å². The third-order valence-corrected chi connectivity index (χ3v) is 7.54. The van der Waals surface area contributed by atoms with Crippen LogP contribution in [0.1, 0.15) is 18.4 Å². The molecule has 0 radical (unpaired) electrons. The van der Waals surface area contributed by atoms with E-state index in [2.05, 4.69) is 0 Å². The first-order valence-electron chi connectivity index (χ1n) is 8.27. The molecular weight excluding hydrogens is 373 g/mol. The number of sulfone groups is 1. The quantitative estimate of drug-likeness (QED) is 0.732. The van der Waals surface area contributed by atoms with Crippen molar-refractivity contribution in [1.82, 2.24) is 0 Å². The molecule has 1 aliphatic rings. The predicted octanol–water partition coefficient (Wildman–Crippen LogP) is 3.07. The molecule has 1 fully saturated rings. The minimum atomic E-state index is -3.73. The number of halogens is 1. The summed E-state index contributed by atoms with van der Waals surface area (Å²) < 4.78 is 45.9. The van der Waals surface area contributed by atoms with Crippen LogP contribution >= 0.6 is 12.2 Å². The van der Waals surface area contributed by atoms with E-state index in [9.17, 15) is 12.8 Å². The zero-order chi connectivity index (χ0) is 18.9. The molecule has 3 rings (SSSR count). The monoisotopic (exact) mass is 393 g/mol. The largest absolute Gasteiger partial charge is 0.393 e. The summed E-state index contributed by atoms with van der Waals surface area (Å²) >= 11 is 5.25. The summed E-state index contributed by atoms with van der Waals surface area (Å²) in [6.07, 6.45) is 0. The number of ether oxygens (including phenoxy) is 1. The highest BCUT2D eigenvalue weighted by Gasteiger charge is 2.73. The van der Waals surface area contributed by atoms with Gasteiger partial charge in [-0.25, -0.2) is 12.8 Å². The summed E-state index contributed by atoms with van der Waals surface area (Å²) in [6, 6.07) is 14.1. The minimum Gasteiger partial charge on any atom is -0.393 e. The molecule has 4 nitrogen and oxygen atoms in total. The molecule has 2 aromatic rings. The van der Waals surface area contributed by atoms with Gasteiger partial charge in [-0.2, -0.15) is 0 Å². The standard InChI is InChI=1S/C19H20FNO3S2/c1-2-24-12-19(18(21)25)16(13-7-6-8-14(20)11-13)17(19)26(22,23)15-9-4-3-5-10-15/h3-11,16-17H,2,12H2,1H3,(H2,21,25)/t16-,17-,19+/m0/s1. The third-order valence-electron chi connectivity index (χ3n) is 4.87. The van der Waals surface area contributed by atoms with Crippen molar-refractivity contribution in [3.05, 3.63) is 66.0 Å². The van der Waals surface area contributed by atoms with Gasteiger partial charge >= 0.3 is 0 Å². The summed E-state index contributed by atoms with van der Waals surface area (Å²) in [5, 5.41) is -0.886. The Labute approximate surface area is 158 Å². The van der Waals surface area contributed by atoms with Gasteiger partial charge < -0.3 is 10.5 Å². The smallest absolute Gasteiger partial charge is 0.182 e. The predicted molar refractivity (Wildman–Crippen MR) is 102 cm³/mol. The number of rotatable bonds is 7. The van der Waals surface area contributed by atoms with Crippen LogP contribution in [0.3, 0.4) is 0 Å². The summed E-state index contributed by atoms with van der Waals surface area (Å²) in [7, 11) is -3.73. The Morgan fingerprint density at radius 1 is 1.23 bits per heavy atom. The van der Waals surface area contributed by atoms with Crippen LogP contribution in [0.2, 0.25) is 0 Å². The second-order valence-electron chi connectivity index (χ2n) is 6.35. The molecule has 0 spiro atoms. The lowest BCUT2D eigenvalue weighted by Gasteiger charge is -2.17. The van der Waals surface area contributed by atoms with E-state index in [0.717, 1.165) is 0 Å². The molecule has 138 valence electrons. The summed E-state index contributed by atoms with van der Waals surface area (Å²) in [6.45, 7) is 2.29. The zero-order valence-electron chi connectivity index (χ0n) is 14.3. The first kappa shape index (κ1) is 18.9. The Morgan fingerprint density at radius 3 is 2.50 bits per heavy atom. The Hall–Kier alpha value is -1.83. The molecule has 0 saturated heterocycles. The second-order valence-corrected chi connectivity index (χ2v) is 8.86.